The molecule has 0 unspecified atom stereocenters. The Bertz CT molecular complexity index is 82.9. The second-order valence-electron chi connectivity index (χ2n) is 2.12. The summed E-state index contributed by atoms with van der Waals surface area (Å²) in [6, 6.07) is 0. The molecule has 3 heteroatoms. The summed E-state index contributed by atoms with van der Waals surface area (Å²) in [4.78, 5) is 10.2. The second kappa shape index (κ2) is 3.29. The van der Waals surface area contributed by atoms with Crippen molar-refractivity contribution in [2.45, 2.75) is 26.4 Å². The van der Waals surface area contributed by atoms with Crippen LogP contribution in [0.1, 0.15) is 20.8 Å². The zero-order valence-electron chi connectivity index (χ0n) is 5.86. The van der Waals surface area contributed by atoms with Gasteiger partial charge in [0, 0.05) is 0 Å². The fraction of sp³-hybridized carbons (Fsp3) is 0.800. The van der Waals surface area contributed by atoms with Gasteiger partial charge in [-0.15, -0.1) is 0 Å². The first-order valence-electron chi connectivity index (χ1n) is 2.18. The molecule has 8 heavy (non-hydrogen) atoms. The molecular formula is C5H10LiO2+. The number of ketones is 1. The van der Waals surface area contributed by atoms with E-state index in [1.165, 1.54) is 20.8 Å². The molecule has 0 amide bonds. The molecule has 42 valence electrons. The van der Waals surface area contributed by atoms with Gasteiger partial charge in [-0.3, -0.25) is 4.79 Å². The van der Waals surface area contributed by atoms with Gasteiger partial charge >= 0.3 is 18.9 Å². The van der Waals surface area contributed by atoms with E-state index in [2.05, 4.69) is 0 Å². The maximum Gasteiger partial charge on any atom is 1.00 e. The van der Waals surface area contributed by atoms with Gasteiger partial charge in [-0.1, -0.05) is 0 Å². The van der Waals surface area contributed by atoms with Crippen molar-refractivity contribution in [2.75, 3.05) is 0 Å². The van der Waals surface area contributed by atoms with E-state index in [0.717, 1.165) is 0 Å². The summed E-state index contributed by atoms with van der Waals surface area (Å²) < 4.78 is 0. The summed E-state index contributed by atoms with van der Waals surface area (Å²) in [5.41, 5.74) is -1.14. The molecule has 0 bridgehead atoms. The van der Waals surface area contributed by atoms with Gasteiger partial charge in [0.2, 0.25) is 0 Å². The van der Waals surface area contributed by atoms with Gasteiger partial charge in [-0.2, -0.15) is 0 Å². The quantitative estimate of drug-likeness (QED) is 0.373. The number of hydrogen-bond acceptors (Lipinski definition) is 2. The normalized spacial score (nSPS) is 10.0. The number of carbonyl (C=O) groups excluding carboxylic acids is 1. The minimum absolute atomic E-state index is 0. The molecule has 2 nitrogen and oxygen atoms in total. The first kappa shape index (κ1) is 11.1. The third-order valence-electron chi connectivity index (χ3n) is 0.862. The molecule has 0 fully saturated rings. The van der Waals surface area contributed by atoms with E-state index < -0.39 is 5.60 Å². The molecule has 1 N–H and O–H groups in total. The Morgan fingerprint density at radius 1 is 1.50 bits per heavy atom. The minimum atomic E-state index is -1.14. The third kappa shape index (κ3) is 4.39. The summed E-state index contributed by atoms with van der Waals surface area (Å²) in [6.45, 7) is 4.30. The fourth-order valence-electron chi connectivity index (χ4n) is 0. The van der Waals surface area contributed by atoms with E-state index in [1.54, 1.807) is 0 Å². The van der Waals surface area contributed by atoms with E-state index in [9.17, 15) is 4.79 Å². The molecule has 0 aliphatic heterocycles. The van der Waals surface area contributed by atoms with E-state index >= 15 is 0 Å². The van der Waals surface area contributed by atoms with E-state index in [-0.39, 0.29) is 24.6 Å². The standard InChI is InChI=1S/C5H10O2.Li/c1-4(6)5(2,3)7;/h7H,1-3H3;/q;+1. The van der Waals surface area contributed by atoms with Gasteiger partial charge < -0.3 is 5.11 Å². The molecule has 0 heterocycles. The summed E-state index contributed by atoms with van der Waals surface area (Å²) in [6.07, 6.45) is 0. The van der Waals surface area contributed by atoms with Crippen LogP contribution in [0.15, 0.2) is 0 Å². The molecule has 0 aliphatic rings. The zero-order chi connectivity index (χ0) is 6.08. The summed E-state index contributed by atoms with van der Waals surface area (Å²) in [7, 11) is 0. The summed E-state index contributed by atoms with van der Waals surface area (Å²) in [5, 5.41) is 8.75. The molecule has 0 rings (SSSR count). The zero-order valence-corrected chi connectivity index (χ0v) is 5.86. The Balaban J connectivity index is 0. The predicted octanol–water partition coefficient (Wildman–Crippen LogP) is -2.65. The predicted molar refractivity (Wildman–Crippen MR) is 27.0 cm³/mol. The van der Waals surface area contributed by atoms with Crippen LogP contribution < -0.4 is 18.9 Å². The van der Waals surface area contributed by atoms with Crippen molar-refractivity contribution in [1.29, 1.82) is 0 Å². The average molecular weight is 109 g/mol. The molecule has 0 aromatic rings. The van der Waals surface area contributed by atoms with Crippen molar-refractivity contribution in [3.05, 3.63) is 0 Å². The third-order valence-corrected chi connectivity index (χ3v) is 0.862. The maximum atomic E-state index is 10.2. The van der Waals surface area contributed by atoms with Gasteiger partial charge in [0.05, 0.1) is 0 Å². The molecule has 0 aromatic carbocycles. The van der Waals surface area contributed by atoms with Crippen LogP contribution in [0.2, 0.25) is 0 Å². The number of aliphatic hydroxyl groups is 1. The van der Waals surface area contributed by atoms with Crippen molar-refractivity contribution in [2.24, 2.45) is 0 Å². The van der Waals surface area contributed by atoms with Crippen LogP contribution >= 0.6 is 0 Å². The molecule has 0 saturated heterocycles. The molecule has 0 atom stereocenters. The molecular weight excluding hydrogens is 99.0 g/mol. The van der Waals surface area contributed by atoms with Gasteiger partial charge in [-0.05, 0) is 20.8 Å². The van der Waals surface area contributed by atoms with E-state index in [0.29, 0.717) is 0 Å². The Labute approximate surface area is 61.5 Å². The van der Waals surface area contributed by atoms with Crippen LogP contribution in [0, 0.1) is 0 Å². The van der Waals surface area contributed by atoms with Crippen LogP contribution in [-0.2, 0) is 4.79 Å². The SMILES string of the molecule is CC(=O)C(C)(C)O.[Li+]. The Hall–Kier alpha value is 0.227. The van der Waals surface area contributed by atoms with E-state index in [1.807, 2.05) is 0 Å². The fourth-order valence-corrected chi connectivity index (χ4v) is 0. The Morgan fingerprint density at radius 3 is 1.62 bits per heavy atom. The van der Waals surface area contributed by atoms with Crippen LogP contribution in [0.4, 0.5) is 0 Å². The largest absolute Gasteiger partial charge is 1.00 e. The van der Waals surface area contributed by atoms with Crippen molar-refractivity contribution in [3.63, 3.8) is 0 Å². The number of hydrogen-bond donors (Lipinski definition) is 1. The smallest absolute Gasteiger partial charge is 0.383 e. The monoisotopic (exact) mass is 109 g/mol. The summed E-state index contributed by atoms with van der Waals surface area (Å²) in [5.74, 6) is -0.201. The average Bonchev–Trinajstić information content (AvgIpc) is 1.31. The van der Waals surface area contributed by atoms with Crippen LogP contribution in [0.5, 0.6) is 0 Å². The van der Waals surface area contributed by atoms with Crippen LogP contribution in [0.25, 0.3) is 0 Å². The second-order valence-corrected chi connectivity index (χ2v) is 2.12. The van der Waals surface area contributed by atoms with E-state index in [4.69, 9.17) is 5.11 Å². The molecule has 0 radical (unpaired) electrons. The summed E-state index contributed by atoms with van der Waals surface area (Å²) >= 11 is 0. The Kier molecular flexibility index (Phi) is 4.56. The molecule has 0 spiro atoms. The van der Waals surface area contributed by atoms with Gasteiger partial charge in [0.15, 0.2) is 5.78 Å². The molecule has 0 aliphatic carbocycles. The maximum absolute atomic E-state index is 10.2. The van der Waals surface area contributed by atoms with Gasteiger partial charge in [0.25, 0.3) is 0 Å². The van der Waals surface area contributed by atoms with Crippen LogP contribution in [-0.4, -0.2) is 16.5 Å². The van der Waals surface area contributed by atoms with Crippen LogP contribution in [0.3, 0.4) is 0 Å². The first-order valence-corrected chi connectivity index (χ1v) is 2.18. The van der Waals surface area contributed by atoms with Crippen molar-refractivity contribution >= 4 is 5.78 Å². The first-order chi connectivity index (χ1) is 2.94. The van der Waals surface area contributed by atoms with Crippen molar-refractivity contribution in [1.82, 2.24) is 0 Å². The van der Waals surface area contributed by atoms with Gasteiger partial charge in [-0.25, -0.2) is 0 Å². The number of carbonyl (C=O) groups is 1. The number of rotatable bonds is 1. The van der Waals surface area contributed by atoms with Gasteiger partial charge in [0.1, 0.15) is 5.60 Å². The van der Waals surface area contributed by atoms with Crippen molar-refractivity contribution < 1.29 is 28.8 Å². The molecule has 0 aromatic heterocycles. The Morgan fingerprint density at radius 2 is 1.62 bits per heavy atom. The number of Topliss-reactive ketones (excluding diaryl/α,β-unsaturated/α-hetero) is 1. The minimum Gasteiger partial charge on any atom is -0.383 e. The molecule has 0 saturated carbocycles. The topological polar surface area (TPSA) is 37.3 Å². The van der Waals surface area contributed by atoms with Crippen molar-refractivity contribution in [3.8, 4) is 0 Å².